The Morgan fingerprint density at radius 3 is 2.88 bits per heavy atom. The summed E-state index contributed by atoms with van der Waals surface area (Å²) in [7, 11) is 0. The molecule has 1 saturated heterocycles. The maximum absolute atomic E-state index is 8.79. The highest BCUT2D eigenvalue weighted by molar-refractivity contribution is 6.29. The van der Waals surface area contributed by atoms with E-state index in [1.165, 1.54) is 0 Å². The molecular formula is C11H12ClN3O. The van der Waals surface area contributed by atoms with Crippen molar-refractivity contribution in [1.29, 1.82) is 5.26 Å². The van der Waals surface area contributed by atoms with Gasteiger partial charge in [-0.3, -0.25) is 4.90 Å². The molecule has 2 heterocycles. The van der Waals surface area contributed by atoms with E-state index >= 15 is 0 Å². The van der Waals surface area contributed by atoms with E-state index in [-0.39, 0.29) is 0 Å². The Bertz CT molecular complexity index is 410. The van der Waals surface area contributed by atoms with Crippen LogP contribution in [0.1, 0.15) is 11.3 Å². The topological polar surface area (TPSA) is 49.2 Å². The van der Waals surface area contributed by atoms with Crippen molar-refractivity contribution < 1.29 is 4.74 Å². The number of nitriles is 1. The Balaban J connectivity index is 2.08. The third kappa shape index (κ3) is 2.92. The van der Waals surface area contributed by atoms with Crippen molar-refractivity contribution in [1.82, 2.24) is 9.88 Å². The van der Waals surface area contributed by atoms with E-state index in [2.05, 4.69) is 9.88 Å². The Morgan fingerprint density at radius 1 is 1.44 bits per heavy atom. The molecule has 0 radical (unpaired) electrons. The Morgan fingerprint density at radius 2 is 2.19 bits per heavy atom. The van der Waals surface area contributed by atoms with Gasteiger partial charge in [0, 0.05) is 19.6 Å². The molecule has 1 aliphatic heterocycles. The van der Waals surface area contributed by atoms with Gasteiger partial charge in [-0.1, -0.05) is 11.6 Å². The second-order valence-electron chi connectivity index (χ2n) is 3.68. The van der Waals surface area contributed by atoms with Crippen LogP contribution in [0.4, 0.5) is 0 Å². The van der Waals surface area contributed by atoms with Gasteiger partial charge < -0.3 is 4.74 Å². The van der Waals surface area contributed by atoms with Gasteiger partial charge in [-0.15, -0.1) is 0 Å². The molecule has 0 aliphatic carbocycles. The minimum Gasteiger partial charge on any atom is -0.379 e. The van der Waals surface area contributed by atoms with Gasteiger partial charge in [0.25, 0.3) is 0 Å². The Kier molecular flexibility index (Phi) is 3.73. The van der Waals surface area contributed by atoms with Gasteiger partial charge >= 0.3 is 0 Å². The SMILES string of the molecule is N#Cc1cc(CN2CCOCC2)cc(Cl)n1. The standard InChI is InChI=1S/C11H12ClN3O/c12-11-6-9(5-10(7-13)14-11)8-15-1-3-16-4-2-15/h5-6H,1-4,8H2. The summed E-state index contributed by atoms with van der Waals surface area (Å²) in [5.74, 6) is 0. The third-order valence-electron chi connectivity index (χ3n) is 2.48. The normalized spacial score (nSPS) is 17.0. The summed E-state index contributed by atoms with van der Waals surface area (Å²) in [6.45, 7) is 4.16. The molecule has 0 N–H and O–H groups in total. The maximum Gasteiger partial charge on any atom is 0.142 e. The predicted molar refractivity (Wildman–Crippen MR) is 60.1 cm³/mol. The molecular weight excluding hydrogens is 226 g/mol. The van der Waals surface area contributed by atoms with E-state index in [1.54, 1.807) is 12.1 Å². The van der Waals surface area contributed by atoms with Gasteiger partial charge in [-0.2, -0.15) is 5.26 Å². The molecule has 0 aromatic carbocycles. The molecule has 4 nitrogen and oxygen atoms in total. The summed E-state index contributed by atoms with van der Waals surface area (Å²) in [6, 6.07) is 5.59. The number of aromatic nitrogens is 1. The van der Waals surface area contributed by atoms with Gasteiger partial charge in [0.1, 0.15) is 16.9 Å². The highest BCUT2D eigenvalue weighted by atomic mass is 35.5. The highest BCUT2D eigenvalue weighted by Crippen LogP contribution is 2.13. The lowest BCUT2D eigenvalue weighted by Gasteiger charge is -2.26. The largest absolute Gasteiger partial charge is 0.379 e. The van der Waals surface area contributed by atoms with E-state index in [0.29, 0.717) is 10.8 Å². The number of morpholine rings is 1. The molecule has 0 saturated carbocycles. The molecule has 0 atom stereocenters. The van der Waals surface area contributed by atoms with Crippen molar-refractivity contribution in [3.8, 4) is 6.07 Å². The van der Waals surface area contributed by atoms with Crippen LogP contribution in [0.15, 0.2) is 12.1 Å². The number of ether oxygens (including phenoxy) is 1. The molecule has 0 unspecified atom stereocenters. The second-order valence-corrected chi connectivity index (χ2v) is 4.07. The van der Waals surface area contributed by atoms with Crippen molar-refractivity contribution in [2.75, 3.05) is 26.3 Å². The number of pyridine rings is 1. The van der Waals surface area contributed by atoms with Crippen molar-refractivity contribution in [2.45, 2.75) is 6.54 Å². The van der Waals surface area contributed by atoms with Crippen LogP contribution in [0, 0.1) is 11.3 Å². The van der Waals surface area contributed by atoms with Crippen LogP contribution in [0.25, 0.3) is 0 Å². The van der Waals surface area contributed by atoms with Crippen molar-refractivity contribution >= 4 is 11.6 Å². The molecule has 16 heavy (non-hydrogen) atoms. The summed E-state index contributed by atoms with van der Waals surface area (Å²) in [5, 5.41) is 9.16. The van der Waals surface area contributed by atoms with Crippen LogP contribution < -0.4 is 0 Å². The molecule has 5 heteroatoms. The lowest BCUT2D eigenvalue weighted by Crippen LogP contribution is -2.35. The lowest BCUT2D eigenvalue weighted by molar-refractivity contribution is 0.0342. The van der Waals surface area contributed by atoms with Crippen molar-refractivity contribution in [3.63, 3.8) is 0 Å². The summed E-state index contributed by atoms with van der Waals surface area (Å²) in [4.78, 5) is 6.18. The number of hydrogen-bond acceptors (Lipinski definition) is 4. The molecule has 0 bridgehead atoms. The van der Waals surface area contributed by atoms with Crippen LogP contribution >= 0.6 is 11.6 Å². The van der Waals surface area contributed by atoms with Gasteiger partial charge in [-0.05, 0) is 17.7 Å². The van der Waals surface area contributed by atoms with Crippen LogP contribution in [0.2, 0.25) is 5.15 Å². The summed E-state index contributed by atoms with van der Waals surface area (Å²) < 4.78 is 5.27. The summed E-state index contributed by atoms with van der Waals surface area (Å²) >= 11 is 5.84. The van der Waals surface area contributed by atoms with Gasteiger partial charge in [-0.25, -0.2) is 4.98 Å². The minimum atomic E-state index is 0.371. The van der Waals surface area contributed by atoms with E-state index < -0.39 is 0 Å². The van der Waals surface area contributed by atoms with Crippen LogP contribution in [0.5, 0.6) is 0 Å². The fourth-order valence-electron chi connectivity index (χ4n) is 1.72. The smallest absolute Gasteiger partial charge is 0.142 e. The van der Waals surface area contributed by atoms with E-state index in [0.717, 1.165) is 38.4 Å². The van der Waals surface area contributed by atoms with Gasteiger partial charge in [0.15, 0.2) is 0 Å². The molecule has 2 rings (SSSR count). The fourth-order valence-corrected chi connectivity index (χ4v) is 1.95. The zero-order valence-electron chi connectivity index (χ0n) is 8.82. The average Bonchev–Trinajstić information content (AvgIpc) is 2.29. The fraction of sp³-hybridized carbons (Fsp3) is 0.455. The first-order valence-corrected chi connectivity index (χ1v) is 5.52. The first kappa shape index (κ1) is 11.3. The van der Waals surface area contributed by atoms with Crippen LogP contribution in [-0.2, 0) is 11.3 Å². The first-order valence-electron chi connectivity index (χ1n) is 5.14. The minimum absolute atomic E-state index is 0.371. The Labute approximate surface area is 99.4 Å². The second kappa shape index (κ2) is 5.26. The molecule has 1 aromatic rings. The molecule has 0 spiro atoms. The number of rotatable bonds is 2. The third-order valence-corrected chi connectivity index (χ3v) is 2.67. The zero-order valence-corrected chi connectivity index (χ0v) is 9.57. The van der Waals surface area contributed by atoms with Crippen molar-refractivity contribution in [2.24, 2.45) is 0 Å². The predicted octanol–water partition coefficient (Wildman–Crippen LogP) is 1.44. The molecule has 1 aliphatic rings. The quantitative estimate of drug-likeness (QED) is 0.731. The summed E-state index contributed by atoms with van der Waals surface area (Å²) in [5.41, 5.74) is 1.40. The number of halogens is 1. The monoisotopic (exact) mass is 237 g/mol. The Hall–Kier alpha value is -1.15. The number of hydrogen-bond donors (Lipinski definition) is 0. The highest BCUT2D eigenvalue weighted by Gasteiger charge is 2.11. The summed E-state index contributed by atoms with van der Waals surface area (Å²) in [6.07, 6.45) is 0. The first-order chi connectivity index (χ1) is 7.78. The molecule has 0 amide bonds. The van der Waals surface area contributed by atoms with E-state index in [9.17, 15) is 0 Å². The van der Waals surface area contributed by atoms with Crippen LogP contribution in [-0.4, -0.2) is 36.2 Å². The molecule has 1 aromatic heterocycles. The molecule has 84 valence electrons. The zero-order chi connectivity index (χ0) is 11.4. The van der Waals surface area contributed by atoms with Crippen LogP contribution in [0.3, 0.4) is 0 Å². The number of nitrogens with zero attached hydrogens (tertiary/aromatic N) is 3. The van der Waals surface area contributed by atoms with Gasteiger partial charge in [0.2, 0.25) is 0 Å². The van der Waals surface area contributed by atoms with E-state index in [4.69, 9.17) is 21.6 Å². The molecule has 1 fully saturated rings. The van der Waals surface area contributed by atoms with E-state index in [1.807, 2.05) is 6.07 Å². The van der Waals surface area contributed by atoms with Crippen molar-refractivity contribution in [3.05, 3.63) is 28.5 Å². The maximum atomic E-state index is 8.79. The average molecular weight is 238 g/mol. The lowest BCUT2D eigenvalue weighted by atomic mass is 10.2. The van der Waals surface area contributed by atoms with Gasteiger partial charge in [0.05, 0.1) is 13.2 Å².